The average Bonchev–Trinajstić information content (AvgIpc) is 2.73. The first-order chi connectivity index (χ1) is 7.77. The van der Waals surface area contributed by atoms with Crippen LogP contribution in [0.3, 0.4) is 0 Å². The molecule has 0 fully saturated rings. The Morgan fingerprint density at radius 1 is 1.19 bits per heavy atom. The summed E-state index contributed by atoms with van der Waals surface area (Å²) >= 11 is 1.86. The zero-order chi connectivity index (χ0) is 11.4. The molecular weight excluding hydrogens is 214 g/mol. The quantitative estimate of drug-likeness (QED) is 0.835. The zero-order valence-electron chi connectivity index (χ0n) is 9.81. The molecule has 0 unspecified atom stereocenters. The predicted molar refractivity (Wildman–Crippen MR) is 69.5 cm³/mol. The SMILES string of the molecule is Cc1ccsc1C[NH2+][C@@H](C)c1ccccc1. The molecule has 0 saturated carbocycles. The second kappa shape index (κ2) is 5.28. The number of hydrogen-bond donors (Lipinski definition) is 1. The van der Waals surface area contributed by atoms with Crippen molar-refractivity contribution in [2.75, 3.05) is 0 Å². The third-order valence-electron chi connectivity index (χ3n) is 2.95. The van der Waals surface area contributed by atoms with Crippen molar-refractivity contribution in [3.8, 4) is 0 Å². The van der Waals surface area contributed by atoms with E-state index in [0.29, 0.717) is 6.04 Å². The third kappa shape index (κ3) is 2.71. The van der Waals surface area contributed by atoms with E-state index in [9.17, 15) is 0 Å². The van der Waals surface area contributed by atoms with E-state index >= 15 is 0 Å². The molecule has 0 bridgehead atoms. The summed E-state index contributed by atoms with van der Waals surface area (Å²) in [4.78, 5) is 1.49. The van der Waals surface area contributed by atoms with Gasteiger partial charge in [0.25, 0.3) is 0 Å². The summed E-state index contributed by atoms with van der Waals surface area (Å²) in [6.45, 7) is 5.53. The van der Waals surface area contributed by atoms with E-state index < -0.39 is 0 Å². The first kappa shape index (κ1) is 11.4. The van der Waals surface area contributed by atoms with E-state index in [-0.39, 0.29) is 0 Å². The molecule has 16 heavy (non-hydrogen) atoms. The second-order valence-electron chi connectivity index (χ2n) is 4.17. The van der Waals surface area contributed by atoms with Crippen molar-refractivity contribution in [2.24, 2.45) is 0 Å². The number of hydrogen-bond acceptors (Lipinski definition) is 1. The van der Waals surface area contributed by atoms with E-state index in [2.05, 4.69) is 60.9 Å². The topological polar surface area (TPSA) is 16.6 Å². The smallest absolute Gasteiger partial charge is 0.111 e. The molecule has 1 aromatic heterocycles. The van der Waals surface area contributed by atoms with Gasteiger partial charge in [0.2, 0.25) is 0 Å². The molecule has 2 N–H and O–H groups in total. The monoisotopic (exact) mass is 232 g/mol. The summed E-state index contributed by atoms with van der Waals surface area (Å²) < 4.78 is 0. The lowest BCUT2D eigenvalue weighted by Gasteiger charge is -2.10. The Labute approximate surface area is 101 Å². The highest BCUT2D eigenvalue weighted by Crippen LogP contribution is 2.14. The Morgan fingerprint density at radius 3 is 2.56 bits per heavy atom. The summed E-state index contributed by atoms with van der Waals surface area (Å²) in [6.07, 6.45) is 0. The van der Waals surface area contributed by atoms with Gasteiger partial charge < -0.3 is 5.32 Å². The summed E-state index contributed by atoms with van der Waals surface area (Å²) in [5, 5.41) is 4.57. The molecule has 2 aromatic rings. The van der Waals surface area contributed by atoms with E-state index in [1.54, 1.807) is 0 Å². The Kier molecular flexibility index (Phi) is 3.75. The number of thiophene rings is 1. The van der Waals surface area contributed by atoms with Crippen molar-refractivity contribution < 1.29 is 5.32 Å². The van der Waals surface area contributed by atoms with Gasteiger partial charge in [-0.3, -0.25) is 0 Å². The van der Waals surface area contributed by atoms with Crippen LogP contribution in [-0.2, 0) is 6.54 Å². The van der Waals surface area contributed by atoms with Crippen LogP contribution in [0.4, 0.5) is 0 Å². The van der Waals surface area contributed by atoms with Crippen LogP contribution in [0.15, 0.2) is 41.8 Å². The number of nitrogens with two attached hydrogens (primary N) is 1. The molecule has 0 spiro atoms. The third-order valence-corrected chi connectivity index (χ3v) is 4.00. The largest absolute Gasteiger partial charge is 0.336 e. The fraction of sp³-hybridized carbons (Fsp3) is 0.286. The van der Waals surface area contributed by atoms with Gasteiger partial charge in [0, 0.05) is 5.56 Å². The van der Waals surface area contributed by atoms with Crippen LogP contribution >= 0.6 is 11.3 Å². The Balaban J connectivity index is 1.94. The maximum Gasteiger partial charge on any atom is 0.111 e. The highest BCUT2D eigenvalue weighted by molar-refractivity contribution is 7.10. The van der Waals surface area contributed by atoms with Gasteiger partial charge in [-0.25, -0.2) is 0 Å². The van der Waals surface area contributed by atoms with E-state index in [1.165, 1.54) is 16.0 Å². The Morgan fingerprint density at radius 2 is 1.94 bits per heavy atom. The molecule has 1 heterocycles. The van der Waals surface area contributed by atoms with Crippen molar-refractivity contribution in [2.45, 2.75) is 26.4 Å². The van der Waals surface area contributed by atoms with Crippen molar-refractivity contribution in [3.63, 3.8) is 0 Å². The molecule has 0 amide bonds. The standard InChI is InChI=1S/C14H17NS/c1-11-8-9-16-14(11)10-15-12(2)13-6-4-3-5-7-13/h3-9,12,15H,10H2,1-2H3/p+1/t12-/m0/s1. The van der Waals surface area contributed by atoms with E-state index in [1.807, 2.05) is 11.3 Å². The van der Waals surface area contributed by atoms with Gasteiger partial charge in [-0.2, -0.15) is 0 Å². The molecule has 2 heteroatoms. The van der Waals surface area contributed by atoms with Crippen LogP contribution < -0.4 is 5.32 Å². The van der Waals surface area contributed by atoms with Gasteiger partial charge in [0.15, 0.2) is 0 Å². The molecule has 0 saturated heterocycles. The van der Waals surface area contributed by atoms with Crippen LogP contribution in [0.5, 0.6) is 0 Å². The van der Waals surface area contributed by atoms with Gasteiger partial charge in [-0.15, -0.1) is 11.3 Å². The Bertz CT molecular complexity index is 433. The van der Waals surface area contributed by atoms with Crippen molar-refractivity contribution in [1.29, 1.82) is 0 Å². The lowest BCUT2D eigenvalue weighted by atomic mass is 10.1. The first-order valence-corrected chi connectivity index (χ1v) is 6.56. The molecule has 0 aliphatic carbocycles. The molecule has 0 aliphatic rings. The van der Waals surface area contributed by atoms with Gasteiger partial charge in [-0.1, -0.05) is 30.3 Å². The minimum Gasteiger partial charge on any atom is -0.336 e. The van der Waals surface area contributed by atoms with Crippen molar-refractivity contribution >= 4 is 11.3 Å². The summed E-state index contributed by atoms with van der Waals surface area (Å²) in [5.74, 6) is 0. The maximum atomic E-state index is 2.40. The maximum absolute atomic E-state index is 2.40. The van der Waals surface area contributed by atoms with Crippen LogP contribution in [-0.4, -0.2) is 0 Å². The predicted octanol–water partition coefficient (Wildman–Crippen LogP) is 2.88. The normalized spacial score (nSPS) is 12.6. The minimum atomic E-state index is 0.530. The molecule has 1 atom stereocenters. The summed E-state index contributed by atoms with van der Waals surface area (Å²) in [6, 6.07) is 13.4. The molecule has 0 aliphatic heterocycles. The van der Waals surface area contributed by atoms with Crippen molar-refractivity contribution in [3.05, 3.63) is 57.8 Å². The summed E-state index contributed by atoms with van der Waals surface area (Å²) in [5.41, 5.74) is 2.82. The lowest BCUT2D eigenvalue weighted by Crippen LogP contribution is -2.82. The lowest BCUT2D eigenvalue weighted by molar-refractivity contribution is -0.707. The minimum absolute atomic E-state index is 0.530. The summed E-state index contributed by atoms with van der Waals surface area (Å²) in [7, 11) is 0. The molecule has 0 radical (unpaired) electrons. The van der Waals surface area contributed by atoms with Gasteiger partial charge in [-0.05, 0) is 30.9 Å². The average molecular weight is 232 g/mol. The number of benzene rings is 1. The first-order valence-electron chi connectivity index (χ1n) is 5.68. The van der Waals surface area contributed by atoms with Gasteiger partial charge >= 0.3 is 0 Å². The number of quaternary nitrogens is 1. The number of aryl methyl sites for hydroxylation is 1. The van der Waals surface area contributed by atoms with Crippen LogP contribution in [0, 0.1) is 6.92 Å². The van der Waals surface area contributed by atoms with Crippen LogP contribution in [0.1, 0.15) is 29.0 Å². The molecule has 84 valence electrons. The van der Waals surface area contributed by atoms with Gasteiger partial charge in [0.05, 0.1) is 4.88 Å². The van der Waals surface area contributed by atoms with Gasteiger partial charge in [0.1, 0.15) is 12.6 Å². The number of rotatable bonds is 4. The molecule has 1 aromatic carbocycles. The highest BCUT2D eigenvalue weighted by Gasteiger charge is 2.09. The van der Waals surface area contributed by atoms with Crippen molar-refractivity contribution in [1.82, 2.24) is 0 Å². The van der Waals surface area contributed by atoms with Crippen LogP contribution in [0.2, 0.25) is 0 Å². The van der Waals surface area contributed by atoms with E-state index in [4.69, 9.17) is 0 Å². The molecule has 2 rings (SSSR count). The highest BCUT2D eigenvalue weighted by atomic mass is 32.1. The van der Waals surface area contributed by atoms with Crippen LogP contribution in [0.25, 0.3) is 0 Å². The molecular formula is C14H18NS+. The fourth-order valence-electron chi connectivity index (χ4n) is 1.79. The zero-order valence-corrected chi connectivity index (χ0v) is 10.6. The fourth-order valence-corrected chi connectivity index (χ4v) is 2.67. The second-order valence-corrected chi connectivity index (χ2v) is 5.17. The van der Waals surface area contributed by atoms with E-state index in [0.717, 1.165) is 6.54 Å². The molecule has 1 nitrogen and oxygen atoms in total. The Hall–Kier alpha value is -1.12.